The average Bonchev–Trinajstić information content (AvgIpc) is 2.28. The van der Waals surface area contributed by atoms with Gasteiger partial charge >= 0.3 is 0 Å². The topological polar surface area (TPSA) is 29.3 Å². The molecule has 0 spiro atoms. The van der Waals surface area contributed by atoms with Crippen LogP contribution < -0.4 is 10.6 Å². The van der Waals surface area contributed by atoms with E-state index >= 15 is 0 Å². The summed E-state index contributed by atoms with van der Waals surface area (Å²) >= 11 is 4.98. The monoisotopic (exact) mass is 236 g/mol. The van der Waals surface area contributed by atoms with Gasteiger partial charge in [0, 0.05) is 24.8 Å². The summed E-state index contributed by atoms with van der Waals surface area (Å²) in [5, 5.41) is 0. The third-order valence-electron chi connectivity index (χ3n) is 2.85. The van der Waals surface area contributed by atoms with Gasteiger partial charge in [-0.3, -0.25) is 0 Å². The van der Waals surface area contributed by atoms with Crippen LogP contribution in [0, 0.1) is 5.92 Å². The van der Waals surface area contributed by atoms with Crippen molar-refractivity contribution < 1.29 is 0 Å². The maximum Gasteiger partial charge on any atom is 0.104 e. The summed E-state index contributed by atoms with van der Waals surface area (Å²) in [6.07, 6.45) is 1.19. The Hall–Kier alpha value is -1.09. The van der Waals surface area contributed by atoms with E-state index in [2.05, 4.69) is 31.9 Å². The second-order valence-corrected chi connectivity index (χ2v) is 4.75. The number of nitrogens with two attached hydrogens (primary N) is 1. The Labute approximate surface area is 103 Å². The van der Waals surface area contributed by atoms with Gasteiger partial charge in [-0.05, 0) is 18.1 Å². The Morgan fingerprint density at radius 1 is 1.50 bits per heavy atom. The van der Waals surface area contributed by atoms with Gasteiger partial charge in [-0.15, -0.1) is 0 Å². The molecule has 88 valence electrons. The minimum atomic E-state index is 0.457. The Bertz CT molecular complexity index is 363. The molecule has 0 saturated heterocycles. The summed E-state index contributed by atoms with van der Waals surface area (Å²) < 4.78 is 0. The molecule has 0 fully saturated rings. The smallest absolute Gasteiger partial charge is 0.104 e. The number of benzene rings is 1. The lowest BCUT2D eigenvalue weighted by Crippen LogP contribution is -2.24. The third-order valence-corrected chi connectivity index (χ3v) is 3.09. The molecule has 0 aliphatic rings. The lowest BCUT2D eigenvalue weighted by atomic mass is 10.1. The summed E-state index contributed by atoms with van der Waals surface area (Å²) in [5.74, 6) is 0.693. The number of rotatable bonds is 5. The van der Waals surface area contributed by atoms with Crippen molar-refractivity contribution in [1.29, 1.82) is 0 Å². The summed E-state index contributed by atoms with van der Waals surface area (Å²) in [6.45, 7) is 5.52. The van der Waals surface area contributed by atoms with Gasteiger partial charge in [0.25, 0.3) is 0 Å². The van der Waals surface area contributed by atoms with Crippen molar-refractivity contribution in [3.63, 3.8) is 0 Å². The minimum Gasteiger partial charge on any atom is -0.389 e. The van der Waals surface area contributed by atoms with E-state index in [0.29, 0.717) is 10.9 Å². The van der Waals surface area contributed by atoms with E-state index in [4.69, 9.17) is 18.0 Å². The van der Waals surface area contributed by atoms with Crippen LogP contribution in [0.3, 0.4) is 0 Å². The van der Waals surface area contributed by atoms with Gasteiger partial charge in [0.05, 0.1) is 0 Å². The van der Waals surface area contributed by atoms with Gasteiger partial charge in [-0.2, -0.15) is 0 Å². The summed E-state index contributed by atoms with van der Waals surface area (Å²) in [6, 6.07) is 8.08. The molecule has 16 heavy (non-hydrogen) atoms. The highest BCUT2D eigenvalue weighted by atomic mass is 32.1. The third kappa shape index (κ3) is 3.49. The summed E-state index contributed by atoms with van der Waals surface area (Å²) in [7, 11) is 2.10. The van der Waals surface area contributed by atoms with Gasteiger partial charge in [-0.1, -0.05) is 44.6 Å². The van der Waals surface area contributed by atoms with E-state index in [0.717, 1.165) is 12.1 Å². The van der Waals surface area contributed by atoms with E-state index in [1.165, 1.54) is 12.1 Å². The first-order valence-electron chi connectivity index (χ1n) is 5.65. The first-order valence-corrected chi connectivity index (χ1v) is 6.06. The number of nitrogens with zero attached hydrogens (tertiary/aromatic N) is 1. The molecular formula is C13H20N2S. The maximum atomic E-state index is 5.62. The molecule has 1 aromatic carbocycles. The van der Waals surface area contributed by atoms with Crippen LogP contribution in [0.15, 0.2) is 24.3 Å². The fraction of sp³-hybridized carbons (Fsp3) is 0.462. The van der Waals surface area contributed by atoms with E-state index < -0.39 is 0 Å². The highest BCUT2D eigenvalue weighted by Gasteiger charge is 2.06. The van der Waals surface area contributed by atoms with Crippen molar-refractivity contribution in [2.75, 3.05) is 18.5 Å². The molecule has 0 heterocycles. The minimum absolute atomic E-state index is 0.457. The van der Waals surface area contributed by atoms with Crippen LogP contribution in [0.1, 0.15) is 25.8 Å². The molecule has 1 unspecified atom stereocenters. The Balaban J connectivity index is 2.79. The van der Waals surface area contributed by atoms with Crippen LogP contribution in [-0.4, -0.2) is 18.6 Å². The van der Waals surface area contributed by atoms with Crippen molar-refractivity contribution in [2.24, 2.45) is 11.7 Å². The molecule has 2 nitrogen and oxygen atoms in total. The standard InChI is InChI=1S/C13H20N2S/c1-4-10(2)9-15(3)12-7-5-6-11(8-12)13(14)16/h5-8,10H,4,9H2,1-3H3,(H2,14,16). The molecule has 1 atom stereocenters. The molecular weight excluding hydrogens is 216 g/mol. The number of hydrogen-bond acceptors (Lipinski definition) is 2. The van der Waals surface area contributed by atoms with E-state index in [9.17, 15) is 0 Å². The summed E-state index contributed by atoms with van der Waals surface area (Å²) in [4.78, 5) is 2.70. The second kappa shape index (κ2) is 5.85. The van der Waals surface area contributed by atoms with E-state index in [1.54, 1.807) is 0 Å². The van der Waals surface area contributed by atoms with Crippen LogP contribution in [0.25, 0.3) is 0 Å². The Kier molecular flexibility index (Phi) is 4.74. The molecule has 1 aromatic rings. The zero-order valence-corrected chi connectivity index (χ0v) is 11.1. The van der Waals surface area contributed by atoms with Crippen molar-refractivity contribution in [2.45, 2.75) is 20.3 Å². The molecule has 0 bridgehead atoms. The molecule has 1 rings (SSSR count). The molecule has 2 N–H and O–H groups in total. The van der Waals surface area contributed by atoms with Gasteiger partial charge in [-0.25, -0.2) is 0 Å². The fourth-order valence-electron chi connectivity index (χ4n) is 1.60. The molecule has 0 saturated carbocycles. The largest absolute Gasteiger partial charge is 0.389 e. The van der Waals surface area contributed by atoms with Gasteiger partial charge < -0.3 is 10.6 Å². The predicted octanol–water partition coefficient (Wildman–Crippen LogP) is 2.80. The van der Waals surface area contributed by atoms with Crippen LogP contribution in [0.5, 0.6) is 0 Å². The van der Waals surface area contributed by atoms with Crippen molar-refractivity contribution >= 4 is 22.9 Å². The van der Waals surface area contributed by atoms with Crippen molar-refractivity contribution in [3.05, 3.63) is 29.8 Å². The zero-order chi connectivity index (χ0) is 12.1. The van der Waals surface area contributed by atoms with Crippen LogP contribution >= 0.6 is 12.2 Å². The molecule has 0 aliphatic carbocycles. The maximum absolute atomic E-state index is 5.62. The van der Waals surface area contributed by atoms with E-state index in [-0.39, 0.29) is 0 Å². The predicted molar refractivity (Wildman–Crippen MR) is 75.1 cm³/mol. The number of anilines is 1. The fourth-order valence-corrected chi connectivity index (χ4v) is 1.73. The Morgan fingerprint density at radius 2 is 2.19 bits per heavy atom. The lowest BCUT2D eigenvalue weighted by molar-refractivity contribution is 0.560. The number of hydrogen-bond donors (Lipinski definition) is 1. The average molecular weight is 236 g/mol. The second-order valence-electron chi connectivity index (χ2n) is 4.31. The summed E-state index contributed by atoms with van der Waals surface area (Å²) in [5.41, 5.74) is 7.73. The van der Waals surface area contributed by atoms with Crippen LogP contribution in [-0.2, 0) is 0 Å². The van der Waals surface area contributed by atoms with Crippen LogP contribution in [0.4, 0.5) is 5.69 Å². The van der Waals surface area contributed by atoms with Crippen molar-refractivity contribution in [1.82, 2.24) is 0 Å². The highest BCUT2D eigenvalue weighted by Crippen LogP contribution is 2.16. The molecule has 0 aliphatic heterocycles. The molecule has 0 aromatic heterocycles. The van der Waals surface area contributed by atoms with Gasteiger partial charge in [0.1, 0.15) is 4.99 Å². The molecule has 3 heteroatoms. The quantitative estimate of drug-likeness (QED) is 0.797. The van der Waals surface area contributed by atoms with E-state index in [1.807, 2.05) is 18.2 Å². The zero-order valence-electron chi connectivity index (χ0n) is 10.2. The molecule has 0 radical (unpaired) electrons. The first-order chi connectivity index (χ1) is 7.54. The van der Waals surface area contributed by atoms with Gasteiger partial charge in [0.2, 0.25) is 0 Å². The Morgan fingerprint density at radius 3 is 2.75 bits per heavy atom. The lowest BCUT2D eigenvalue weighted by Gasteiger charge is -2.23. The van der Waals surface area contributed by atoms with Gasteiger partial charge in [0.15, 0.2) is 0 Å². The highest BCUT2D eigenvalue weighted by molar-refractivity contribution is 7.80. The van der Waals surface area contributed by atoms with Crippen molar-refractivity contribution in [3.8, 4) is 0 Å². The van der Waals surface area contributed by atoms with Crippen LogP contribution in [0.2, 0.25) is 0 Å². The first kappa shape index (κ1) is 13.0. The molecule has 0 amide bonds. The SMILES string of the molecule is CCC(C)CN(C)c1cccc(C(N)=S)c1. The normalized spacial score (nSPS) is 12.2. The number of thiocarbonyl (C=S) groups is 1.